The highest BCUT2D eigenvalue weighted by molar-refractivity contribution is 5.64. The minimum absolute atomic E-state index is 0.109. The third-order valence-electron chi connectivity index (χ3n) is 6.02. The van der Waals surface area contributed by atoms with Crippen LogP contribution in [0.1, 0.15) is 39.3 Å². The Hall–Kier alpha value is -3.36. The molecule has 4 aromatic carbocycles. The van der Waals surface area contributed by atoms with Crippen molar-refractivity contribution in [3.63, 3.8) is 0 Å². The number of benzene rings is 4. The van der Waals surface area contributed by atoms with Crippen molar-refractivity contribution in [2.24, 2.45) is 0 Å². The lowest BCUT2D eigenvalue weighted by molar-refractivity contribution is 0.0525. The molecule has 0 aromatic heterocycles. The molecule has 1 N–H and O–H groups in total. The van der Waals surface area contributed by atoms with Gasteiger partial charge in [0.1, 0.15) is 11.4 Å². The Morgan fingerprint density at radius 2 is 1.10 bits per heavy atom. The van der Waals surface area contributed by atoms with Crippen LogP contribution in [0.5, 0.6) is 5.75 Å². The molecular weight excluding hydrogens is 356 g/mol. The first-order valence-corrected chi connectivity index (χ1v) is 9.84. The fraction of sp³-hybridized carbons (Fsp3) is 0.111. The van der Waals surface area contributed by atoms with Gasteiger partial charge in [-0.1, -0.05) is 97.1 Å². The van der Waals surface area contributed by atoms with Crippen molar-refractivity contribution in [1.29, 1.82) is 0 Å². The standard InChI is InChI=1S/C27H22O2/c1-29-27(24-17-9-10-18-25(24)28)22-15-7-5-13-20(22)26(19-11-3-2-4-12-19)21-14-6-8-16-23(21)27/h2-18,26,28H,1H3. The van der Waals surface area contributed by atoms with E-state index in [1.807, 2.05) is 36.4 Å². The number of hydrogen-bond acceptors (Lipinski definition) is 2. The zero-order valence-corrected chi connectivity index (χ0v) is 16.2. The van der Waals surface area contributed by atoms with Gasteiger partial charge in [0.15, 0.2) is 0 Å². The molecule has 0 spiro atoms. The van der Waals surface area contributed by atoms with Gasteiger partial charge in [0.2, 0.25) is 0 Å². The van der Waals surface area contributed by atoms with Gasteiger partial charge in [-0.3, -0.25) is 0 Å². The number of para-hydroxylation sites is 1. The molecule has 2 nitrogen and oxygen atoms in total. The number of phenolic OH excluding ortho intramolecular Hbond substituents is 1. The SMILES string of the molecule is COC1(c2ccccc2O)c2ccccc2C(c2ccccc2)c2ccccc21. The molecule has 0 bridgehead atoms. The van der Waals surface area contributed by atoms with Gasteiger partial charge in [-0.05, 0) is 33.9 Å². The molecule has 1 aliphatic carbocycles. The van der Waals surface area contributed by atoms with Crippen LogP contribution in [0, 0.1) is 0 Å². The molecule has 0 amide bonds. The largest absolute Gasteiger partial charge is 0.508 e. The van der Waals surface area contributed by atoms with Gasteiger partial charge < -0.3 is 9.84 Å². The Kier molecular flexibility index (Phi) is 4.22. The highest BCUT2D eigenvalue weighted by Gasteiger charge is 2.46. The summed E-state index contributed by atoms with van der Waals surface area (Å²) < 4.78 is 6.32. The van der Waals surface area contributed by atoms with Crippen molar-refractivity contribution in [1.82, 2.24) is 0 Å². The van der Waals surface area contributed by atoms with Crippen LogP contribution in [0.4, 0.5) is 0 Å². The van der Waals surface area contributed by atoms with Crippen LogP contribution in [0.2, 0.25) is 0 Å². The molecule has 0 atom stereocenters. The van der Waals surface area contributed by atoms with E-state index in [0.717, 1.165) is 16.7 Å². The molecule has 5 rings (SSSR count). The summed E-state index contributed by atoms with van der Waals surface area (Å²) in [7, 11) is 1.73. The third kappa shape index (κ3) is 2.53. The number of methoxy groups -OCH3 is 1. The van der Waals surface area contributed by atoms with Crippen molar-refractivity contribution in [3.05, 3.63) is 137 Å². The second-order valence-corrected chi connectivity index (χ2v) is 7.42. The minimum atomic E-state index is -0.871. The predicted octanol–water partition coefficient (Wildman–Crippen LogP) is 5.82. The van der Waals surface area contributed by atoms with Crippen LogP contribution in [0.15, 0.2) is 103 Å². The van der Waals surface area contributed by atoms with E-state index in [1.165, 1.54) is 16.7 Å². The fourth-order valence-corrected chi connectivity index (χ4v) is 4.85. The zero-order valence-electron chi connectivity index (χ0n) is 16.2. The first-order valence-electron chi connectivity index (χ1n) is 9.84. The molecule has 0 aliphatic heterocycles. The number of aromatic hydroxyl groups is 1. The number of ether oxygens (including phenoxy) is 1. The molecule has 142 valence electrons. The molecule has 0 saturated heterocycles. The van der Waals surface area contributed by atoms with Gasteiger partial charge in [0, 0.05) is 18.6 Å². The van der Waals surface area contributed by atoms with Crippen molar-refractivity contribution < 1.29 is 9.84 Å². The molecular formula is C27H22O2. The van der Waals surface area contributed by atoms with E-state index >= 15 is 0 Å². The van der Waals surface area contributed by atoms with Crippen LogP contribution < -0.4 is 0 Å². The highest BCUT2D eigenvalue weighted by atomic mass is 16.5. The predicted molar refractivity (Wildman–Crippen MR) is 115 cm³/mol. The molecule has 4 aromatic rings. The summed E-state index contributed by atoms with van der Waals surface area (Å²) >= 11 is 0. The second-order valence-electron chi connectivity index (χ2n) is 7.42. The fourth-order valence-electron chi connectivity index (χ4n) is 4.85. The van der Waals surface area contributed by atoms with E-state index in [9.17, 15) is 5.11 Å². The van der Waals surface area contributed by atoms with Gasteiger partial charge in [-0.25, -0.2) is 0 Å². The molecule has 1 aliphatic rings. The van der Waals surface area contributed by atoms with Crippen molar-refractivity contribution in [2.75, 3.05) is 7.11 Å². The maximum absolute atomic E-state index is 10.8. The lowest BCUT2D eigenvalue weighted by Crippen LogP contribution is -2.38. The Morgan fingerprint density at radius 3 is 1.66 bits per heavy atom. The van der Waals surface area contributed by atoms with Crippen LogP contribution in [0.3, 0.4) is 0 Å². The number of hydrogen-bond donors (Lipinski definition) is 1. The lowest BCUT2D eigenvalue weighted by atomic mass is 9.65. The van der Waals surface area contributed by atoms with E-state index < -0.39 is 5.60 Å². The average molecular weight is 378 g/mol. The van der Waals surface area contributed by atoms with E-state index in [2.05, 4.69) is 60.7 Å². The average Bonchev–Trinajstić information content (AvgIpc) is 2.79. The number of phenols is 1. The van der Waals surface area contributed by atoms with Gasteiger partial charge in [-0.2, -0.15) is 0 Å². The van der Waals surface area contributed by atoms with E-state index in [0.29, 0.717) is 0 Å². The topological polar surface area (TPSA) is 29.5 Å². The minimum Gasteiger partial charge on any atom is -0.508 e. The molecule has 2 heteroatoms. The van der Waals surface area contributed by atoms with Gasteiger partial charge >= 0.3 is 0 Å². The normalized spacial score (nSPS) is 20.0. The quantitative estimate of drug-likeness (QED) is 0.486. The number of rotatable bonds is 3. The second kappa shape index (κ2) is 6.91. The van der Waals surface area contributed by atoms with Crippen molar-refractivity contribution >= 4 is 0 Å². The Labute approximate surface area is 171 Å². The summed E-state index contributed by atoms with van der Waals surface area (Å²) in [5.41, 5.74) is 5.66. The molecule has 0 heterocycles. The summed E-state index contributed by atoms with van der Waals surface area (Å²) in [6, 6.07) is 34.9. The maximum atomic E-state index is 10.8. The summed E-state index contributed by atoms with van der Waals surface area (Å²) in [5, 5.41) is 10.8. The van der Waals surface area contributed by atoms with Crippen LogP contribution in [-0.4, -0.2) is 12.2 Å². The van der Waals surface area contributed by atoms with Crippen LogP contribution in [0.25, 0.3) is 0 Å². The molecule has 0 unspecified atom stereocenters. The van der Waals surface area contributed by atoms with Crippen molar-refractivity contribution in [3.8, 4) is 5.75 Å². The van der Waals surface area contributed by atoms with Crippen LogP contribution >= 0.6 is 0 Å². The van der Waals surface area contributed by atoms with Gasteiger partial charge in [-0.15, -0.1) is 0 Å². The number of fused-ring (bicyclic) bond motifs is 2. The molecule has 0 radical (unpaired) electrons. The van der Waals surface area contributed by atoms with Crippen LogP contribution in [-0.2, 0) is 10.3 Å². The summed E-state index contributed by atoms with van der Waals surface area (Å²) in [6.07, 6.45) is 0. The molecule has 0 fully saturated rings. The zero-order chi connectivity index (χ0) is 19.8. The third-order valence-corrected chi connectivity index (χ3v) is 6.02. The van der Waals surface area contributed by atoms with E-state index in [-0.39, 0.29) is 11.7 Å². The Morgan fingerprint density at radius 1 is 0.621 bits per heavy atom. The smallest absolute Gasteiger partial charge is 0.147 e. The van der Waals surface area contributed by atoms with E-state index in [4.69, 9.17) is 4.74 Å². The molecule has 0 saturated carbocycles. The summed E-state index contributed by atoms with van der Waals surface area (Å²) in [6.45, 7) is 0. The monoisotopic (exact) mass is 378 g/mol. The first-order chi connectivity index (χ1) is 14.3. The van der Waals surface area contributed by atoms with E-state index in [1.54, 1.807) is 13.2 Å². The molecule has 29 heavy (non-hydrogen) atoms. The van der Waals surface area contributed by atoms with Gasteiger partial charge in [0.05, 0.1) is 0 Å². The van der Waals surface area contributed by atoms with Crippen molar-refractivity contribution in [2.45, 2.75) is 11.5 Å². The summed E-state index contributed by atoms with van der Waals surface area (Å²) in [4.78, 5) is 0. The first kappa shape index (κ1) is 17.7. The summed E-state index contributed by atoms with van der Waals surface area (Å²) in [5.74, 6) is 0.342. The van der Waals surface area contributed by atoms with Gasteiger partial charge in [0.25, 0.3) is 0 Å². The highest BCUT2D eigenvalue weighted by Crippen LogP contribution is 2.53. The Balaban J connectivity index is 1.90. The lowest BCUT2D eigenvalue weighted by Gasteiger charge is -2.43. The Bertz CT molecular complexity index is 1120. The maximum Gasteiger partial charge on any atom is 0.147 e.